The van der Waals surface area contributed by atoms with E-state index in [-0.39, 0.29) is 0 Å². The standard InChI is InChI=1S/C12H24O.C3H8/c1-2-3-4-5-6-7-8-9-10-11-12-13;1-3-2/h12H,2-11H2,1H3;3H2,1-2H3. The van der Waals surface area contributed by atoms with Crippen molar-refractivity contribution in [3.8, 4) is 0 Å². The van der Waals surface area contributed by atoms with E-state index >= 15 is 0 Å². The number of carbonyl (C=O) groups is 1. The molecule has 0 aliphatic rings. The van der Waals surface area contributed by atoms with Crippen molar-refractivity contribution in [2.75, 3.05) is 0 Å². The highest BCUT2D eigenvalue weighted by molar-refractivity contribution is 5.48. The van der Waals surface area contributed by atoms with Gasteiger partial charge in [-0.1, -0.05) is 78.6 Å². The molecule has 1 nitrogen and oxygen atoms in total. The van der Waals surface area contributed by atoms with E-state index in [4.69, 9.17) is 0 Å². The summed E-state index contributed by atoms with van der Waals surface area (Å²) in [5.74, 6) is 0. The molecule has 0 unspecified atom stereocenters. The van der Waals surface area contributed by atoms with Crippen molar-refractivity contribution in [1.29, 1.82) is 0 Å². The van der Waals surface area contributed by atoms with E-state index in [9.17, 15) is 4.79 Å². The molecule has 0 atom stereocenters. The molecule has 0 amide bonds. The van der Waals surface area contributed by atoms with Gasteiger partial charge in [-0.3, -0.25) is 0 Å². The van der Waals surface area contributed by atoms with Crippen LogP contribution in [0.25, 0.3) is 0 Å². The summed E-state index contributed by atoms with van der Waals surface area (Å²) in [7, 11) is 0. The van der Waals surface area contributed by atoms with Crippen LogP contribution < -0.4 is 0 Å². The maximum absolute atomic E-state index is 10.0. The fourth-order valence-electron chi connectivity index (χ4n) is 1.54. The van der Waals surface area contributed by atoms with Crippen molar-refractivity contribution >= 4 is 6.29 Å². The fraction of sp³-hybridized carbons (Fsp3) is 0.933. The lowest BCUT2D eigenvalue weighted by atomic mass is 10.1. The largest absolute Gasteiger partial charge is 0.303 e. The minimum absolute atomic E-state index is 0.760. The van der Waals surface area contributed by atoms with Gasteiger partial charge in [-0.25, -0.2) is 0 Å². The molecule has 1 heteroatoms. The molecule has 16 heavy (non-hydrogen) atoms. The molecule has 0 saturated carbocycles. The van der Waals surface area contributed by atoms with E-state index in [1.165, 1.54) is 57.8 Å². The zero-order chi connectivity index (χ0) is 12.5. The Kier molecular flexibility index (Phi) is 22.7. The minimum atomic E-state index is 0.760. The van der Waals surface area contributed by atoms with Crippen LogP contribution in [0.15, 0.2) is 0 Å². The molecule has 0 radical (unpaired) electrons. The average molecular weight is 228 g/mol. The Morgan fingerprint density at radius 3 is 1.44 bits per heavy atom. The van der Waals surface area contributed by atoms with E-state index in [2.05, 4.69) is 20.8 Å². The summed E-state index contributed by atoms with van der Waals surface area (Å²) >= 11 is 0. The first-order valence-corrected chi connectivity index (χ1v) is 7.27. The molecule has 0 spiro atoms. The number of unbranched alkanes of at least 4 members (excludes halogenated alkanes) is 9. The van der Waals surface area contributed by atoms with Crippen molar-refractivity contribution in [2.24, 2.45) is 0 Å². The molecule has 0 heterocycles. The van der Waals surface area contributed by atoms with Crippen LogP contribution in [0.4, 0.5) is 0 Å². The molecule has 0 N–H and O–H groups in total. The van der Waals surface area contributed by atoms with Crippen molar-refractivity contribution in [1.82, 2.24) is 0 Å². The number of hydrogen-bond donors (Lipinski definition) is 0. The van der Waals surface area contributed by atoms with E-state index in [0.717, 1.165) is 19.1 Å². The van der Waals surface area contributed by atoms with Gasteiger partial charge in [0.25, 0.3) is 0 Å². The van der Waals surface area contributed by atoms with Crippen molar-refractivity contribution < 1.29 is 4.79 Å². The Balaban J connectivity index is 0. The summed E-state index contributed by atoms with van der Waals surface area (Å²) in [5, 5.41) is 0. The molecule has 0 aromatic heterocycles. The molecule has 98 valence electrons. The third-order valence-electron chi connectivity index (χ3n) is 2.43. The highest BCUT2D eigenvalue weighted by Gasteiger charge is 1.91. The van der Waals surface area contributed by atoms with Gasteiger partial charge in [0.05, 0.1) is 0 Å². The highest BCUT2D eigenvalue weighted by atomic mass is 16.1. The van der Waals surface area contributed by atoms with Gasteiger partial charge < -0.3 is 4.79 Å². The fourth-order valence-corrected chi connectivity index (χ4v) is 1.54. The second-order valence-electron chi connectivity index (χ2n) is 4.49. The molecule has 0 aliphatic carbocycles. The van der Waals surface area contributed by atoms with Crippen LogP contribution >= 0.6 is 0 Å². The monoisotopic (exact) mass is 228 g/mol. The molecule has 0 fully saturated rings. The lowest BCUT2D eigenvalue weighted by molar-refractivity contribution is -0.107. The van der Waals surface area contributed by atoms with Crippen LogP contribution in [0.3, 0.4) is 0 Å². The first-order chi connectivity index (χ1) is 7.83. The number of aldehydes is 1. The normalized spacial score (nSPS) is 9.44. The van der Waals surface area contributed by atoms with Gasteiger partial charge in [-0.05, 0) is 6.42 Å². The molecule has 0 aromatic rings. The van der Waals surface area contributed by atoms with Gasteiger partial charge in [-0.2, -0.15) is 0 Å². The van der Waals surface area contributed by atoms with E-state index in [1.807, 2.05) is 0 Å². The quantitative estimate of drug-likeness (QED) is 0.355. The van der Waals surface area contributed by atoms with Gasteiger partial charge in [0.15, 0.2) is 0 Å². The Bertz CT molecular complexity index is 110. The zero-order valence-electron chi connectivity index (χ0n) is 11.8. The van der Waals surface area contributed by atoms with Crippen LogP contribution in [0, 0.1) is 0 Å². The summed E-state index contributed by atoms with van der Waals surface area (Å²) in [4.78, 5) is 10.0. The lowest BCUT2D eigenvalue weighted by Crippen LogP contribution is -1.81. The summed E-state index contributed by atoms with van der Waals surface area (Å²) in [6.07, 6.45) is 15.0. The Morgan fingerprint density at radius 2 is 1.06 bits per heavy atom. The highest BCUT2D eigenvalue weighted by Crippen LogP contribution is 2.09. The maximum atomic E-state index is 10.0. The van der Waals surface area contributed by atoms with Crippen molar-refractivity contribution in [2.45, 2.75) is 91.4 Å². The first-order valence-electron chi connectivity index (χ1n) is 7.27. The van der Waals surface area contributed by atoms with Gasteiger partial charge in [0, 0.05) is 6.42 Å². The number of carbonyl (C=O) groups excluding carboxylic acids is 1. The van der Waals surface area contributed by atoms with Crippen LogP contribution in [-0.2, 0) is 4.79 Å². The van der Waals surface area contributed by atoms with Crippen LogP contribution in [-0.4, -0.2) is 6.29 Å². The Hall–Kier alpha value is -0.330. The second-order valence-corrected chi connectivity index (χ2v) is 4.49. The van der Waals surface area contributed by atoms with Crippen molar-refractivity contribution in [3.63, 3.8) is 0 Å². The van der Waals surface area contributed by atoms with E-state index < -0.39 is 0 Å². The van der Waals surface area contributed by atoms with Crippen molar-refractivity contribution in [3.05, 3.63) is 0 Å². The maximum Gasteiger partial charge on any atom is 0.119 e. The molecular formula is C15H32O. The number of rotatable bonds is 10. The molecule has 0 rings (SSSR count). The number of hydrogen-bond acceptors (Lipinski definition) is 1. The molecule has 0 bridgehead atoms. The topological polar surface area (TPSA) is 17.1 Å². The first kappa shape index (κ1) is 18.0. The second kappa shape index (κ2) is 20.1. The molecule has 0 aromatic carbocycles. The van der Waals surface area contributed by atoms with E-state index in [1.54, 1.807) is 0 Å². The van der Waals surface area contributed by atoms with Gasteiger partial charge in [0.1, 0.15) is 6.29 Å². The van der Waals surface area contributed by atoms with Gasteiger partial charge in [0.2, 0.25) is 0 Å². The third-order valence-corrected chi connectivity index (χ3v) is 2.43. The molecule has 0 saturated heterocycles. The van der Waals surface area contributed by atoms with Crippen LogP contribution in [0.2, 0.25) is 0 Å². The van der Waals surface area contributed by atoms with Gasteiger partial charge >= 0.3 is 0 Å². The predicted octanol–water partition coefficient (Wildman–Crippen LogP) is 5.52. The van der Waals surface area contributed by atoms with Crippen LogP contribution in [0.5, 0.6) is 0 Å². The SMILES string of the molecule is CCC.CCCCCCCCCCCC=O. The zero-order valence-corrected chi connectivity index (χ0v) is 11.8. The Labute approximate surface area is 103 Å². The Morgan fingerprint density at radius 1 is 0.688 bits per heavy atom. The summed E-state index contributed by atoms with van der Waals surface area (Å²) < 4.78 is 0. The smallest absolute Gasteiger partial charge is 0.119 e. The van der Waals surface area contributed by atoms with Gasteiger partial charge in [-0.15, -0.1) is 0 Å². The minimum Gasteiger partial charge on any atom is -0.303 e. The van der Waals surface area contributed by atoms with Crippen LogP contribution in [0.1, 0.15) is 91.4 Å². The third kappa shape index (κ3) is 23.5. The molecule has 0 aliphatic heterocycles. The molecular weight excluding hydrogens is 196 g/mol. The lowest BCUT2D eigenvalue weighted by Gasteiger charge is -1.99. The predicted molar refractivity (Wildman–Crippen MR) is 73.9 cm³/mol. The summed E-state index contributed by atoms with van der Waals surface area (Å²) in [6, 6.07) is 0. The van der Waals surface area contributed by atoms with E-state index in [0.29, 0.717) is 0 Å². The summed E-state index contributed by atoms with van der Waals surface area (Å²) in [5.41, 5.74) is 0. The summed E-state index contributed by atoms with van der Waals surface area (Å²) in [6.45, 7) is 6.50. The average Bonchev–Trinajstić information content (AvgIpc) is 2.28.